The molecule has 0 saturated carbocycles. The smallest absolute Gasteiger partial charge is 0.351 e. The number of anilines is 1. The molecule has 1 aromatic heterocycles. The summed E-state index contributed by atoms with van der Waals surface area (Å²) in [4.78, 5) is 52.5. The van der Waals surface area contributed by atoms with Gasteiger partial charge in [0.25, 0.3) is 0 Å². The molecule has 4 N–H and O–H groups in total. The van der Waals surface area contributed by atoms with E-state index in [-0.39, 0.29) is 18.0 Å². The summed E-state index contributed by atoms with van der Waals surface area (Å²) in [7, 11) is 0. The highest BCUT2D eigenvalue weighted by Crippen LogP contribution is 2.27. The normalized spacial score (nSPS) is 21.0. The standard InChI is InChI=1S/C34H44BrN9O4/c35-28-20-23(19-25-22-37-40-31(25)28)21-30(32(45)42-12-6-26(7-13-42)41-17-10-36-11-18-41)39-34(47)48-43-14-8-27(9-15-43)44-16-5-24-3-1-2-4-29(24)38-33(44)46/h1-4,19-20,22,26-27,30,36H,5-18,21H2,(H,37,40)(H,38,46)(H,39,47). The Balaban J connectivity index is 0.967. The van der Waals surface area contributed by atoms with Crippen LogP contribution in [0.4, 0.5) is 15.3 Å². The lowest BCUT2D eigenvalue weighted by atomic mass is 9.99. The molecule has 0 radical (unpaired) electrons. The van der Waals surface area contributed by atoms with E-state index >= 15 is 0 Å². The third kappa shape index (κ3) is 7.46. The molecular weight excluding hydrogens is 678 g/mol. The number of para-hydroxylation sites is 1. The fourth-order valence-corrected chi connectivity index (χ4v) is 8.23. The van der Waals surface area contributed by atoms with Crippen molar-refractivity contribution in [1.82, 2.24) is 40.6 Å². The maximum Gasteiger partial charge on any atom is 0.426 e. The Morgan fingerprint density at radius 3 is 2.52 bits per heavy atom. The number of rotatable bonds is 7. The number of piperazine rings is 1. The van der Waals surface area contributed by atoms with E-state index in [2.05, 4.69) is 53.0 Å². The number of hydrogen-bond acceptors (Lipinski definition) is 8. The minimum absolute atomic E-state index is 0.0527. The summed E-state index contributed by atoms with van der Waals surface area (Å²) < 4.78 is 0.850. The summed E-state index contributed by atoms with van der Waals surface area (Å²) >= 11 is 3.62. The molecule has 7 rings (SSSR count). The molecule has 4 aliphatic rings. The first-order valence-electron chi connectivity index (χ1n) is 17.2. The average Bonchev–Trinajstić information content (AvgIpc) is 3.52. The van der Waals surface area contributed by atoms with E-state index < -0.39 is 12.1 Å². The van der Waals surface area contributed by atoms with Gasteiger partial charge in [-0.05, 0) is 77.4 Å². The Morgan fingerprint density at radius 2 is 1.73 bits per heavy atom. The van der Waals surface area contributed by atoms with Crippen molar-refractivity contribution in [2.24, 2.45) is 0 Å². The van der Waals surface area contributed by atoms with Crippen molar-refractivity contribution in [3.8, 4) is 0 Å². The molecule has 0 spiro atoms. The monoisotopic (exact) mass is 721 g/mol. The van der Waals surface area contributed by atoms with Crippen molar-refractivity contribution in [3.05, 3.63) is 58.2 Å². The van der Waals surface area contributed by atoms with Crippen LogP contribution in [-0.2, 0) is 22.5 Å². The number of amides is 4. The van der Waals surface area contributed by atoms with Gasteiger partial charge in [0, 0.05) is 93.0 Å². The van der Waals surface area contributed by atoms with E-state index in [1.165, 1.54) is 0 Å². The molecule has 4 amide bonds. The van der Waals surface area contributed by atoms with E-state index in [0.29, 0.717) is 58.0 Å². The van der Waals surface area contributed by atoms with Crippen LogP contribution in [0.3, 0.4) is 0 Å². The molecule has 1 unspecified atom stereocenters. The number of nitrogens with zero attached hydrogens (tertiary/aromatic N) is 5. The first-order valence-corrected chi connectivity index (χ1v) is 17.9. The third-order valence-corrected chi connectivity index (χ3v) is 10.9. The molecule has 0 aliphatic carbocycles. The first-order chi connectivity index (χ1) is 23.4. The Bertz CT molecular complexity index is 1610. The number of fused-ring (bicyclic) bond motifs is 2. The summed E-state index contributed by atoms with van der Waals surface area (Å²) in [6.07, 6.45) is 5.42. The van der Waals surface area contributed by atoms with E-state index in [9.17, 15) is 14.4 Å². The minimum Gasteiger partial charge on any atom is -0.351 e. The average molecular weight is 723 g/mol. The highest BCUT2D eigenvalue weighted by Gasteiger charge is 2.34. The van der Waals surface area contributed by atoms with E-state index in [0.717, 1.165) is 77.6 Å². The van der Waals surface area contributed by atoms with Crippen LogP contribution >= 0.6 is 15.9 Å². The van der Waals surface area contributed by atoms with Crippen molar-refractivity contribution in [2.45, 2.75) is 56.7 Å². The lowest BCUT2D eigenvalue weighted by Gasteiger charge is -2.41. The summed E-state index contributed by atoms with van der Waals surface area (Å²) in [6.45, 7) is 7.04. The molecule has 5 heterocycles. The van der Waals surface area contributed by atoms with Gasteiger partial charge in [-0.25, -0.2) is 9.59 Å². The number of hydrogen-bond donors (Lipinski definition) is 4. The zero-order valence-corrected chi connectivity index (χ0v) is 28.7. The minimum atomic E-state index is -0.788. The predicted molar refractivity (Wildman–Crippen MR) is 185 cm³/mol. The summed E-state index contributed by atoms with van der Waals surface area (Å²) in [5.74, 6) is -0.0963. The Labute approximate surface area is 288 Å². The fraction of sp³-hybridized carbons (Fsp3) is 0.529. The van der Waals surface area contributed by atoms with Gasteiger partial charge >= 0.3 is 12.1 Å². The summed E-state index contributed by atoms with van der Waals surface area (Å²) in [5.41, 5.74) is 3.79. The number of aromatic nitrogens is 2. The second-order valence-corrected chi connectivity index (χ2v) is 14.1. The Morgan fingerprint density at radius 1 is 0.979 bits per heavy atom. The number of benzene rings is 2. The number of piperidine rings is 2. The zero-order chi connectivity index (χ0) is 33.0. The molecule has 13 nitrogen and oxygen atoms in total. The molecule has 3 aromatic rings. The largest absolute Gasteiger partial charge is 0.426 e. The van der Waals surface area contributed by atoms with Crippen molar-refractivity contribution < 1.29 is 19.2 Å². The zero-order valence-electron chi connectivity index (χ0n) is 27.1. The van der Waals surface area contributed by atoms with Crippen LogP contribution in [0.5, 0.6) is 0 Å². The van der Waals surface area contributed by atoms with Crippen LogP contribution < -0.4 is 16.0 Å². The molecule has 3 saturated heterocycles. The van der Waals surface area contributed by atoms with Crippen LogP contribution in [-0.4, -0.2) is 125 Å². The van der Waals surface area contributed by atoms with Gasteiger partial charge in [0.2, 0.25) is 5.91 Å². The molecule has 3 fully saturated rings. The van der Waals surface area contributed by atoms with Crippen LogP contribution in [0.15, 0.2) is 47.1 Å². The van der Waals surface area contributed by atoms with Gasteiger partial charge < -0.3 is 30.6 Å². The molecule has 2 aromatic carbocycles. The Hall–Kier alpha value is -3.72. The number of hydroxylamine groups is 2. The lowest BCUT2D eigenvalue weighted by Crippen LogP contribution is -2.56. The molecule has 14 heteroatoms. The number of carbonyl (C=O) groups is 3. The lowest BCUT2D eigenvalue weighted by molar-refractivity contribution is -0.137. The fourth-order valence-electron chi connectivity index (χ4n) is 7.61. The van der Waals surface area contributed by atoms with Gasteiger partial charge in [0.1, 0.15) is 6.04 Å². The first kappa shape index (κ1) is 32.8. The van der Waals surface area contributed by atoms with Gasteiger partial charge in [-0.2, -0.15) is 5.10 Å². The number of nitrogens with one attached hydrogen (secondary N) is 4. The third-order valence-electron chi connectivity index (χ3n) is 10.3. The van der Waals surface area contributed by atoms with Gasteiger partial charge in [-0.15, -0.1) is 5.06 Å². The van der Waals surface area contributed by atoms with Crippen molar-refractivity contribution in [1.29, 1.82) is 0 Å². The van der Waals surface area contributed by atoms with E-state index in [1.54, 1.807) is 11.3 Å². The topological polar surface area (TPSA) is 138 Å². The maximum atomic E-state index is 14.0. The maximum absolute atomic E-state index is 14.0. The van der Waals surface area contributed by atoms with E-state index in [4.69, 9.17) is 4.84 Å². The molecular formula is C34H44BrN9O4. The van der Waals surface area contributed by atoms with Gasteiger partial charge in [-0.3, -0.25) is 14.8 Å². The van der Waals surface area contributed by atoms with Crippen molar-refractivity contribution >= 4 is 50.6 Å². The summed E-state index contributed by atoms with van der Waals surface area (Å²) in [5, 5.41) is 19.1. The quantitative estimate of drug-likeness (QED) is 0.292. The van der Waals surface area contributed by atoms with Crippen LogP contribution in [0.2, 0.25) is 0 Å². The highest BCUT2D eigenvalue weighted by molar-refractivity contribution is 9.10. The van der Waals surface area contributed by atoms with Gasteiger partial charge in [-0.1, -0.05) is 18.2 Å². The highest BCUT2D eigenvalue weighted by atomic mass is 79.9. The summed E-state index contributed by atoms with van der Waals surface area (Å²) in [6, 6.07) is 11.5. The number of carbonyl (C=O) groups excluding carboxylic acids is 3. The SMILES string of the molecule is O=C(NC(Cc1cc(Br)c2[nH]ncc2c1)C(=O)N1CCC(N2CCNCC2)CC1)ON1CCC(N2CCc3ccccc3NC2=O)CC1. The predicted octanol–water partition coefficient (Wildman–Crippen LogP) is 3.33. The number of likely N-dealkylation sites (tertiary alicyclic amines) is 1. The van der Waals surface area contributed by atoms with E-state index in [1.807, 2.05) is 40.1 Å². The van der Waals surface area contributed by atoms with Crippen molar-refractivity contribution in [2.75, 3.05) is 64.2 Å². The number of H-pyrrole nitrogens is 1. The number of aromatic amines is 1. The van der Waals surface area contributed by atoms with Gasteiger partial charge in [0.15, 0.2) is 0 Å². The number of halogens is 1. The van der Waals surface area contributed by atoms with Crippen molar-refractivity contribution in [3.63, 3.8) is 0 Å². The second-order valence-electron chi connectivity index (χ2n) is 13.2. The molecule has 1 atom stereocenters. The second kappa shape index (κ2) is 14.8. The molecule has 4 aliphatic heterocycles. The molecule has 256 valence electrons. The molecule has 48 heavy (non-hydrogen) atoms. The molecule has 0 bridgehead atoms. The van der Waals surface area contributed by atoms with Gasteiger partial charge in [0.05, 0.1) is 11.7 Å². The van der Waals surface area contributed by atoms with Crippen LogP contribution in [0.1, 0.15) is 36.8 Å². The van der Waals surface area contributed by atoms with Crippen LogP contribution in [0, 0.1) is 0 Å². The number of urea groups is 1. The van der Waals surface area contributed by atoms with Crippen LogP contribution in [0.25, 0.3) is 10.9 Å². The Kier molecular flexibility index (Phi) is 10.1.